The molecule has 3 rings (SSSR count). The molecular weight excluding hydrogens is 577 g/mol. The first-order valence-electron chi connectivity index (χ1n) is 15.8. The van der Waals surface area contributed by atoms with Crippen LogP contribution in [0.3, 0.4) is 0 Å². The van der Waals surface area contributed by atoms with Crippen LogP contribution in [0.15, 0.2) is 24.8 Å². The number of likely N-dealkylation sites (tertiary alicyclic amines) is 1. The Morgan fingerprint density at radius 1 is 1.05 bits per heavy atom. The van der Waals surface area contributed by atoms with Crippen LogP contribution in [0.25, 0.3) is 0 Å². The Balaban J connectivity index is 2.05. The summed E-state index contributed by atoms with van der Waals surface area (Å²) in [6, 6.07) is 3.64. The number of nitrogens with one attached hydrogen (secondary N) is 1. The SMILES string of the molecule is C=CCOC(=O)Nc1cc(O[Si](C(C)C)(C(C)C)C(C)C)c(OC)cc1C(=O)N1[C@H](CO[Si](C)(C)C(C)(C)C)C[C@@H]2C[C@@H]21. The first kappa shape index (κ1) is 35.2. The van der Waals surface area contributed by atoms with Crippen molar-refractivity contribution in [3.8, 4) is 11.5 Å². The molecule has 1 saturated carbocycles. The van der Waals surface area contributed by atoms with Gasteiger partial charge in [-0.2, -0.15) is 0 Å². The molecule has 1 aliphatic heterocycles. The van der Waals surface area contributed by atoms with Crippen molar-refractivity contribution in [3.63, 3.8) is 0 Å². The van der Waals surface area contributed by atoms with Crippen LogP contribution in [0, 0.1) is 5.92 Å². The first-order valence-corrected chi connectivity index (χ1v) is 20.9. The molecule has 0 aromatic heterocycles. The summed E-state index contributed by atoms with van der Waals surface area (Å²) in [4.78, 5) is 29.2. The van der Waals surface area contributed by atoms with Crippen LogP contribution in [-0.2, 0) is 9.16 Å². The third-order valence-corrected chi connectivity index (χ3v) is 20.5. The number of carbonyl (C=O) groups is 2. The van der Waals surface area contributed by atoms with Crippen LogP contribution in [-0.4, -0.2) is 65.9 Å². The lowest BCUT2D eigenvalue weighted by molar-refractivity contribution is 0.0637. The normalized spacial score (nSPS) is 20.3. The summed E-state index contributed by atoms with van der Waals surface area (Å²) in [5.74, 6) is 1.36. The highest BCUT2D eigenvalue weighted by Gasteiger charge is 2.55. The second-order valence-corrected chi connectivity index (χ2v) is 24.9. The molecule has 0 bridgehead atoms. The summed E-state index contributed by atoms with van der Waals surface area (Å²) in [6.45, 7) is 28.7. The Kier molecular flexibility index (Phi) is 10.9. The zero-order valence-corrected chi connectivity index (χ0v) is 30.6. The Morgan fingerprint density at radius 3 is 2.16 bits per heavy atom. The topological polar surface area (TPSA) is 86.3 Å². The van der Waals surface area contributed by atoms with Crippen LogP contribution >= 0.6 is 0 Å². The molecule has 242 valence electrons. The van der Waals surface area contributed by atoms with E-state index in [0.717, 1.165) is 12.8 Å². The first-order chi connectivity index (χ1) is 19.9. The summed E-state index contributed by atoms with van der Waals surface area (Å²) in [6.07, 6.45) is 2.77. The van der Waals surface area contributed by atoms with Crippen LogP contribution in [0.4, 0.5) is 10.5 Å². The molecule has 0 unspecified atom stereocenters. The van der Waals surface area contributed by atoms with Crippen LogP contribution < -0.4 is 14.5 Å². The molecular formula is C33H56N2O6Si2. The molecule has 1 aromatic carbocycles. The maximum absolute atomic E-state index is 14.4. The molecule has 1 aromatic rings. The van der Waals surface area contributed by atoms with Gasteiger partial charge in [-0.1, -0.05) is 75.0 Å². The molecule has 2 amide bonds. The fourth-order valence-electron chi connectivity index (χ4n) is 6.59. The number of benzene rings is 1. The van der Waals surface area contributed by atoms with Gasteiger partial charge in [-0.05, 0) is 59.6 Å². The molecule has 1 saturated heterocycles. The summed E-state index contributed by atoms with van der Waals surface area (Å²) < 4.78 is 24.7. The molecule has 1 aliphatic carbocycles. The molecule has 8 nitrogen and oxygen atoms in total. The standard InChI is InChI=1S/C33H56N2O6Si2/c1-14-15-39-32(37)34-27-19-30(41-43(21(2)3,22(4)5)23(6)7)29(38-11)18-26(27)31(36)35-25(16-24-17-28(24)35)20-40-42(12,13)33(8,9)10/h14,18-19,21-25,28H,1,15-17,20H2,2-13H3,(H,34,37)/t24-,25+,28+/m1/s1. The Bertz CT molecular complexity index is 1150. The van der Waals surface area contributed by atoms with Gasteiger partial charge in [0.1, 0.15) is 12.4 Å². The third-order valence-electron chi connectivity index (χ3n) is 9.99. The number of rotatable bonds is 13. The van der Waals surface area contributed by atoms with Gasteiger partial charge in [0.05, 0.1) is 31.0 Å². The average Bonchev–Trinajstić information content (AvgIpc) is 3.57. The second kappa shape index (κ2) is 13.4. The minimum absolute atomic E-state index is 0.0178. The van der Waals surface area contributed by atoms with Crippen molar-refractivity contribution in [2.75, 3.05) is 25.6 Å². The Morgan fingerprint density at radius 2 is 1.65 bits per heavy atom. The number of methoxy groups -OCH3 is 1. The predicted molar refractivity (Wildman–Crippen MR) is 179 cm³/mol. The maximum Gasteiger partial charge on any atom is 0.411 e. The molecule has 43 heavy (non-hydrogen) atoms. The number of amides is 2. The summed E-state index contributed by atoms with van der Waals surface area (Å²) in [5.41, 5.74) is 1.68. The van der Waals surface area contributed by atoms with E-state index < -0.39 is 22.7 Å². The van der Waals surface area contributed by atoms with Crippen LogP contribution in [0.2, 0.25) is 34.8 Å². The van der Waals surface area contributed by atoms with E-state index in [1.165, 1.54) is 6.08 Å². The number of carbonyl (C=O) groups excluding carboxylic acids is 2. The van der Waals surface area contributed by atoms with Gasteiger partial charge < -0.3 is 23.2 Å². The number of piperidine rings is 1. The number of hydrogen-bond donors (Lipinski definition) is 1. The van der Waals surface area contributed by atoms with Gasteiger partial charge in [-0.3, -0.25) is 10.1 Å². The fourth-order valence-corrected chi connectivity index (χ4v) is 12.9. The third kappa shape index (κ3) is 7.33. The van der Waals surface area contributed by atoms with Crippen molar-refractivity contribution >= 4 is 34.3 Å². The van der Waals surface area contributed by atoms with Crippen molar-refractivity contribution in [2.45, 2.75) is 122 Å². The van der Waals surface area contributed by atoms with E-state index in [1.54, 1.807) is 19.2 Å². The molecule has 2 fully saturated rings. The largest absolute Gasteiger partial charge is 0.540 e. The molecule has 0 spiro atoms. The highest BCUT2D eigenvalue weighted by atomic mass is 28.4. The molecule has 1 N–H and O–H groups in total. The van der Waals surface area contributed by atoms with E-state index >= 15 is 0 Å². The zero-order chi connectivity index (χ0) is 32.5. The van der Waals surface area contributed by atoms with E-state index in [9.17, 15) is 9.59 Å². The lowest BCUT2D eigenvalue weighted by atomic mass is 10.1. The van der Waals surface area contributed by atoms with E-state index in [2.05, 4.69) is 87.3 Å². The van der Waals surface area contributed by atoms with E-state index in [-0.39, 0.29) is 29.6 Å². The van der Waals surface area contributed by atoms with Crippen LogP contribution in [0.5, 0.6) is 11.5 Å². The minimum atomic E-state index is -2.37. The summed E-state index contributed by atoms with van der Waals surface area (Å²) in [7, 11) is -2.78. The van der Waals surface area contributed by atoms with Gasteiger partial charge in [0.15, 0.2) is 14.1 Å². The fraction of sp³-hybridized carbons (Fsp3) is 0.697. The van der Waals surface area contributed by atoms with E-state index in [4.69, 9.17) is 18.3 Å². The van der Waals surface area contributed by atoms with Crippen LogP contribution in [0.1, 0.15) is 85.5 Å². The number of ether oxygens (including phenoxy) is 2. The Labute approximate surface area is 262 Å². The van der Waals surface area contributed by atoms with Crippen molar-refractivity contribution in [2.24, 2.45) is 5.92 Å². The maximum atomic E-state index is 14.4. The summed E-state index contributed by atoms with van der Waals surface area (Å²) >= 11 is 0. The molecule has 10 heteroatoms. The molecule has 1 heterocycles. The van der Waals surface area contributed by atoms with Crippen molar-refractivity contribution in [3.05, 3.63) is 30.4 Å². The van der Waals surface area contributed by atoms with Gasteiger partial charge in [-0.25, -0.2) is 4.79 Å². The number of hydrogen-bond acceptors (Lipinski definition) is 6. The van der Waals surface area contributed by atoms with Gasteiger partial charge >= 0.3 is 6.09 Å². The van der Waals surface area contributed by atoms with E-state index in [0.29, 0.717) is 51.9 Å². The summed E-state index contributed by atoms with van der Waals surface area (Å²) in [5, 5.41) is 2.91. The highest BCUT2D eigenvalue weighted by Crippen LogP contribution is 2.50. The van der Waals surface area contributed by atoms with Gasteiger partial charge in [0, 0.05) is 12.1 Å². The molecule has 0 radical (unpaired) electrons. The monoisotopic (exact) mass is 632 g/mol. The quantitative estimate of drug-likeness (QED) is 0.173. The van der Waals surface area contributed by atoms with Crippen molar-refractivity contribution in [1.82, 2.24) is 4.90 Å². The highest BCUT2D eigenvalue weighted by molar-refractivity contribution is 6.78. The minimum Gasteiger partial charge on any atom is -0.540 e. The number of nitrogens with zero attached hydrogens (tertiary/aromatic N) is 1. The number of fused-ring (bicyclic) bond motifs is 1. The lowest BCUT2D eigenvalue weighted by Gasteiger charge is -2.42. The smallest absolute Gasteiger partial charge is 0.411 e. The van der Waals surface area contributed by atoms with Gasteiger partial charge in [0.25, 0.3) is 14.2 Å². The van der Waals surface area contributed by atoms with E-state index in [1.807, 2.05) is 4.90 Å². The molecule has 2 aliphatic rings. The predicted octanol–water partition coefficient (Wildman–Crippen LogP) is 8.61. The van der Waals surface area contributed by atoms with Gasteiger partial charge in [0.2, 0.25) is 0 Å². The second-order valence-electron chi connectivity index (χ2n) is 14.7. The Hall–Kier alpha value is -2.31. The average molecular weight is 633 g/mol. The van der Waals surface area contributed by atoms with Crippen molar-refractivity contribution < 1.29 is 27.9 Å². The zero-order valence-electron chi connectivity index (χ0n) is 28.6. The number of anilines is 1. The molecule has 3 atom stereocenters. The van der Waals surface area contributed by atoms with Crippen molar-refractivity contribution in [1.29, 1.82) is 0 Å². The van der Waals surface area contributed by atoms with Gasteiger partial charge in [-0.15, -0.1) is 0 Å². The lowest BCUT2D eigenvalue weighted by Crippen LogP contribution is -2.50.